The van der Waals surface area contributed by atoms with E-state index in [2.05, 4.69) is 62.4 Å². The zero-order valence-corrected chi connectivity index (χ0v) is 11.2. The van der Waals surface area contributed by atoms with Gasteiger partial charge in [-0.2, -0.15) is 0 Å². The third kappa shape index (κ3) is 2.59. The summed E-state index contributed by atoms with van der Waals surface area (Å²) in [6, 6.07) is 17.4. The lowest BCUT2D eigenvalue weighted by atomic mass is 10.2. The zero-order valence-electron chi connectivity index (χ0n) is 9.00. The quantitative estimate of drug-likeness (QED) is 0.706. The lowest BCUT2D eigenvalue weighted by Crippen LogP contribution is -3.62. The van der Waals surface area contributed by atoms with Gasteiger partial charge < -0.3 is 0 Å². The van der Waals surface area contributed by atoms with Crippen molar-refractivity contribution in [3.63, 3.8) is 0 Å². The highest BCUT2D eigenvalue weighted by Crippen LogP contribution is 2.01. The minimum Gasteiger partial charge on any atom is -0.0619 e. The number of hydrogen-bond acceptors (Lipinski definition) is 0. The molecule has 0 nitrogen and oxygen atoms in total. The second-order valence-corrected chi connectivity index (χ2v) is 6.46. The fraction of sp³-hybridized carbons (Fsp3) is 0.143. The average Bonchev–Trinajstić information content (AvgIpc) is 2.25. The predicted molar refractivity (Wildman–Crippen MR) is 59.8 cm³/mol. The molecule has 0 fully saturated rings. The van der Waals surface area contributed by atoms with Crippen molar-refractivity contribution in [3.8, 4) is 0 Å². The highest BCUT2D eigenvalue weighted by atomic mass is 127. The van der Waals surface area contributed by atoms with E-state index in [1.165, 1.54) is 14.7 Å². The van der Waals surface area contributed by atoms with Gasteiger partial charge in [-0.3, -0.25) is 0 Å². The Kier molecular flexibility index (Phi) is 3.41. The van der Waals surface area contributed by atoms with Crippen LogP contribution in [0.4, 0.5) is 0 Å². The molecule has 15 heavy (non-hydrogen) atoms. The van der Waals surface area contributed by atoms with E-state index in [0.29, 0.717) is 0 Å². The van der Waals surface area contributed by atoms with Crippen molar-refractivity contribution in [2.75, 3.05) is 0 Å². The smallest absolute Gasteiger partial charge is 0.0619 e. The Hall–Kier alpha value is -0.830. The van der Waals surface area contributed by atoms with Crippen molar-refractivity contribution in [2.45, 2.75) is 13.8 Å². The first kappa shape index (κ1) is 10.7. The standard InChI is InChI=1S/C14H14I/c1-11-7-6-8-12(2)14(11)15-13-9-4-3-5-10-13/h3-10H,1-2H3/q+1. The molecule has 0 aliphatic carbocycles. The van der Waals surface area contributed by atoms with Gasteiger partial charge in [-0.15, -0.1) is 0 Å². The Morgan fingerprint density at radius 3 is 1.93 bits per heavy atom. The molecule has 0 saturated carbocycles. The van der Waals surface area contributed by atoms with E-state index in [1.807, 2.05) is 0 Å². The lowest BCUT2D eigenvalue weighted by molar-refractivity contribution is -0.598. The van der Waals surface area contributed by atoms with E-state index in [4.69, 9.17) is 0 Å². The summed E-state index contributed by atoms with van der Waals surface area (Å²) in [5, 5.41) is 0. The Labute approximate surface area is 102 Å². The van der Waals surface area contributed by atoms with Gasteiger partial charge in [-0.1, -0.05) is 36.4 Å². The molecular formula is C14H14I+. The van der Waals surface area contributed by atoms with Gasteiger partial charge in [0.05, 0.1) is 0 Å². The minimum absolute atomic E-state index is 0.0147. The normalized spacial score (nSPS) is 10.3. The molecule has 0 atom stereocenters. The van der Waals surface area contributed by atoms with Crippen molar-refractivity contribution >= 4 is 0 Å². The van der Waals surface area contributed by atoms with E-state index in [1.54, 1.807) is 3.57 Å². The largest absolute Gasteiger partial charge is 0.358 e. The van der Waals surface area contributed by atoms with Crippen LogP contribution in [0.5, 0.6) is 0 Å². The monoisotopic (exact) mass is 309 g/mol. The van der Waals surface area contributed by atoms with E-state index in [-0.39, 0.29) is 21.2 Å². The van der Waals surface area contributed by atoms with Crippen molar-refractivity contribution in [1.82, 2.24) is 0 Å². The van der Waals surface area contributed by atoms with Gasteiger partial charge in [0.1, 0.15) is 0 Å². The Balaban J connectivity index is 2.32. The van der Waals surface area contributed by atoms with E-state index in [0.717, 1.165) is 0 Å². The van der Waals surface area contributed by atoms with Crippen LogP contribution in [0.15, 0.2) is 48.5 Å². The highest BCUT2D eigenvalue weighted by molar-refractivity contribution is 5.20. The van der Waals surface area contributed by atoms with Crippen LogP contribution in [0, 0.1) is 21.0 Å². The summed E-state index contributed by atoms with van der Waals surface area (Å²) in [6.07, 6.45) is 0. The third-order valence-corrected chi connectivity index (χ3v) is 5.90. The molecule has 0 aliphatic rings. The first-order valence-corrected chi connectivity index (χ1v) is 7.19. The third-order valence-electron chi connectivity index (χ3n) is 2.32. The summed E-state index contributed by atoms with van der Waals surface area (Å²) in [5.41, 5.74) is 2.87. The molecule has 0 aliphatic heterocycles. The molecule has 2 rings (SSSR count). The van der Waals surface area contributed by atoms with E-state index in [9.17, 15) is 0 Å². The molecule has 0 aromatic heterocycles. The molecule has 0 heterocycles. The van der Waals surface area contributed by atoms with Gasteiger partial charge >= 0.3 is 21.2 Å². The van der Waals surface area contributed by atoms with Gasteiger partial charge in [-0.25, -0.2) is 0 Å². The van der Waals surface area contributed by atoms with Crippen LogP contribution in [0.2, 0.25) is 0 Å². The van der Waals surface area contributed by atoms with Crippen molar-refractivity contribution in [2.24, 2.45) is 0 Å². The number of hydrogen-bond donors (Lipinski definition) is 0. The van der Waals surface area contributed by atoms with Crippen molar-refractivity contribution in [1.29, 1.82) is 0 Å². The molecule has 0 N–H and O–H groups in total. The molecule has 1 heteroatoms. The molecule has 0 bridgehead atoms. The average molecular weight is 309 g/mol. The number of benzene rings is 2. The van der Waals surface area contributed by atoms with Gasteiger partial charge in [0.15, 0.2) is 7.14 Å². The van der Waals surface area contributed by atoms with Gasteiger partial charge in [0.25, 0.3) is 0 Å². The molecule has 0 saturated heterocycles. The number of halogens is 1. The maximum absolute atomic E-state index is 2.24. The fourth-order valence-electron chi connectivity index (χ4n) is 1.53. The lowest BCUT2D eigenvalue weighted by Gasteiger charge is -1.96. The first-order chi connectivity index (χ1) is 7.27. The van der Waals surface area contributed by atoms with Crippen molar-refractivity contribution < 1.29 is 21.2 Å². The molecule has 76 valence electrons. The SMILES string of the molecule is Cc1cccc(C)c1[I+]c1ccccc1. The van der Waals surface area contributed by atoms with Crippen molar-refractivity contribution in [3.05, 3.63) is 66.8 Å². The molecular weight excluding hydrogens is 295 g/mol. The maximum Gasteiger partial charge on any atom is 0.358 e. The Morgan fingerprint density at radius 1 is 0.733 bits per heavy atom. The number of aryl methyl sites for hydroxylation is 2. The molecule has 0 spiro atoms. The zero-order chi connectivity index (χ0) is 10.7. The summed E-state index contributed by atoms with van der Waals surface area (Å²) in [5.74, 6) is 0. The fourth-order valence-corrected chi connectivity index (χ4v) is 4.14. The first-order valence-electron chi connectivity index (χ1n) is 5.03. The predicted octanol–water partition coefficient (Wildman–Crippen LogP) is 0.432. The molecule has 2 aromatic carbocycles. The highest BCUT2D eigenvalue weighted by Gasteiger charge is 2.19. The summed E-state index contributed by atoms with van der Waals surface area (Å²) in [4.78, 5) is 0. The van der Waals surface area contributed by atoms with Crippen LogP contribution in [0.25, 0.3) is 0 Å². The van der Waals surface area contributed by atoms with Crippen LogP contribution >= 0.6 is 0 Å². The number of rotatable bonds is 2. The van der Waals surface area contributed by atoms with Gasteiger partial charge in [-0.05, 0) is 26.0 Å². The second-order valence-electron chi connectivity index (χ2n) is 3.60. The molecule has 0 amide bonds. The van der Waals surface area contributed by atoms with E-state index < -0.39 is 0 Å². The Morgan fingerprint density at radius 2 is 1.33 bits per heavy atom. The van der Waals surface area contributed by atoms with Crippen LogP contribution < -0.4 is 21.2 Å². The molecule has 0 unspecified atom stereocenters. The summed E-state index contributed by atoms with van der Waals surface area (Å²) >= 11 is -0.0147. The maximum atomic E-state index is 2.24. The minimum atomic E-state index is -0.0147. The van der Waals surface area contributed by atoms with Gasteiger partial charge in [0, 0.05) is 11.1 Å². The summed E-state index contributed by atoms with van der Waals surface area (Å²) in [7, 11) is 0. The topological polar surface area (TPSA) is 0 Å². The molecule has 2 aromatic rings. The Bertz CT molecular complexity index is 426. The van der Waals surface area contributed by atoms with E-state index >= 15 is 0 Å². The van der Waals surface area contributed by atoms with Gasteiger partial charge in [0.2, 0.25) is 0 Å². The second kappa shape index (κ2) is 4.79. The van der Waals surface area contributed by atoms with Crippen LogP contribution in [0.1, 0.15) is 11.1 Å². The summed E-state index contributed by atoms with van der Waals surface area (Å²) in [6.45, 7) is 4.43. The summed E-state index contributed by atoms with van der Waals surface area (Å²) < 4.78 is 3.07. The van der Waals surface area contributed by atoms with Crippen LogP contribution in [-0.2, 0) is 0 Å². The van der Waals surface area contributed by atoms with Crippen LogP contribution in [-0.4, -0.2) is 0 Å². The van der Waals surface area contributed by atoms with Crippen LogP contribution in [0.3, 0.4) is 0 Å². The molecule has 0 radical (unpaired) electrons.